The van der Waals surface area contributed by atoms with Crippen LogP contribution >= 0.6 is 0 Å². The molecule has 0 saturated heterocycles. The lowest BCUT2D eigenvalue weighted by molar-refractivity contribution is 0.421. The summed E-state index contributed by atoms with van der Waals surface area (Å²) in [6, 6.07) is 43.9. The number of hydrogen-bond donors (Lipinski definition) is 0. The van der Waals surface area contributed by atoms with E-state index in [2.05, 4.69) is 152 Å². The molecule has 0 radical (unpaired) electrons. The average Bonchev–Trinajstić information content (AvgIpc) is 3.89. The highest BCUT2D eigenvalue weighted by Crippen LogP contribution is 2.66. The van der Waals surface area contributed by atoms with E-state index in [0.717, 1.165) is 11.2 Å². The van der Waals surface area contributed by atoms with Gasteiger partial charge in [0.2, 0.25) is 0 Å². The van der Waals surface area contributed by atoms with Gasteiger partial charge in [0.25, 0.3) is 0 Å². The number of furan rings is 1. The Bertz CT molecular complexity index is 2920. The predicted octanol–water partition coefficient (Wildman–Crippen LogP) is 10.1. The number of hydrogen-bond acceptors (Lipinski definition) is 2. The van der Waals surface area contributed by atoms with E-state index in [1.165, 1.54) is 94.2 Å². The zero-order chi connectivity index (χ0) is 33.0. The van der Waals surface area contributed by atoms with Gasteiger partial charge in [-0.1, -0.05) is 131 Å². The van der Waals surface area contributed by atoms with Crippen LogP contribution in [0.25, 0.3) is 55.1 Å². The Hall–Kier alpha value is -5.48. The lowest BCUT2D eigenvalue weighted by Gasteiger charge is -2.42. The Morgan fingerprint density at radius 3 is 2.26 bits per heavy atom. The molecule has 0 saturated carbocycles. The van der Waals surface area contributed by atoms with E-state index in [-0.39, 0.29) is 23.7 Å². The Morgan fingerprint density at radius 1 is 0.640 bits per heavy atom. The number of anilines is 2. The summed E-state index contributed by atoms with van der Waals surface area (Å²) in [7, 11) is 0. The molecule has 0 spiro atoms. The van der Waals surface area contributed by atoms with Crippen LogP contribution in [-0.4, -0.2) is 11.3 Å². The fourth-order valence-electron chi connectivity index (χ4n) is 11.8. The predicted molar refractivity (Wildman–Crippen MR) is 206 cm³/mol. The van der Waals surface area contributed by atoms with Gasteiger partial charge in [-0.25, -0.2) is 0 Å². The molecular weight excluding hydrogens is 607 g/mol. The van der Waals surface area contributed by atoms with E-state index in [9.17, 15) is 0 Å². The van der Waals surface area contributed by atoms with Crippen molar-refractivity contribution in [2.75, 3.05) is 4.90 Å². The zero-order valence-corrected chi connectivity index (χ0v) is 28.5. The summed E-state index contributed by atoms with van der Waals surface area (Å²) in [5.41, 5.74) is 21.4. The summed E-state index contributed by atoms with van der Waals surface area (Å²) >= 11 is 0. The zero-order valence-electron chi connectivity index (χ0n) is 28.5. The molecule has 6 aromatic carbocycles. The number of para-hydroxylation sites is 3. The third-order valence-corrected chi connectivity index (χ3v) is 13.5. The van der Waals surface area contributed by atoms with Crippen molar-refractivity contribution in [3.63, 3.8) is 0 Å². The quantitative estimate of drug-likeness (QED) is 0.154. The van der Waals surface area contributed by atoms with E-state index >= 15 is 0 Å². The average molecular weight is 641 g/mol. The summed E-state index contributed by atoms with van der Waals surface area (Å²) in [5.74, 6) is 0.331. The fraction of sp³-hybridized carbons (Fsp3) is 0.174. The number of nitrogens with zero attached hydrogens (tertiary/aromatic N) is 2. The molecule has 3 aliphatic heterocycles. The van der Waals surface area contributed by atoms with Gasteiger partial charge in [-0.2, -0.15) is 0 Å². The van der Waals surface area contributed by atoms with Crippen molar-refractivity contribution in [1.82, 2.24) is 4.48 Å². The first-order valence-corrected chi connectivity index (χ1v) is 18.1. The van der Waals surface area contributed by atoms with Gasteiger partial charge in [0.1, 0.15) is 11.2 Å². The molecular formula is C46H33BN2O. The molecule has 0 amide bonds. The molecule has 2 atom stereocenters. The number of fused-ring (bicyclic) bond motifs is 18. The molecule has 2 aliphatic carbocycles. The Morgan fingerprint density at radius 2 is 1.36 bits per heavy atom. The smallest absolute Gasteiger partial charge is 0.332 e. The summed E-state index contributed by atoms with van der Waals surface area (Å²) < 4.78 is 9.62. The van der Waals surface area contributed by atoms with Crippen LogP contribution in [-0.2, 0) is 10.8 Å². The van der Waals surface area contributed by atoms with Gasteiger partial charge >= 0.3 is 6.85 Å². The molecule has 5 aliphatic rings. The van der Waals surface area contributed by atoms with Crippen molar-refractivity contribution in [3.05, 3.63) is 143 Å². The van der Waals surface area contributed by atoms with Crippen LogP contribution in [0.1, 0.15) is 67.6 Å². The highest BCUT2D eigenvalue weighted by molar-refractivity contribution is 6.90. The molecule has 0 N–H and O–H groups in total. The van der Waals surface area contributed by atoms with Gasteiger partial charge in [-0.15, -0.1) is 0 Å². The number of aromatic nitrogens is 1. The van der Waals surface area contributed by atoms with Gasteiger partial charge in [-0.3, -0.25) is 0 Å². The molecule has 2 unspecified atom stereocenters. The first-order chi connectivity index (χ1) is 24.4. The molecule has 13 rings (SSSR count). The van der Waals surface area contributed by atoms with Crippen LogP contribution in [0.3, 0.4) is 0 Å². The van der Waals surface area contributed by atoms with Crippen LogP contribution in [0.2, 0.25) is 0 Å². The second kappa shape index (κ2) is 8.11. The fourth-order valence-corrected chi connectivity index (χ4v) is 11.8. The summed E-state index contributed by atoms with van der Waals surface area (Å²) in [6.45, 7) is 9.87. The van der Waals surface area contributed by atoms with Gasteiger partial charge in [0, 0.05) is 50.1 Å². The summed E-state index contributed by atoms with van der Waals surface area (Å²) in [6.07, 6.45) is 0. The second-order valence-corrected chi connectivity index (χ2v) is 16.4. The van der Waals surface area contributed by atoms with Crippen molar-refractivity contribution < 1.29 is 4.42 Å². The highest BCUT2D eigenvalue weighted by Gasteiger charge is 2.59. The molecule has 50 heavy (non-hydrogen) atoms. The third kappa shape index (κ3) is 2.61. The van der Waals surface area contributed by atoms with Crippen molar-refractivity contribution in [1.29, 1.82) is 0 Å². The minimum absolute atomic E-state index is 0.0205. The van der Waals surface area contributed by atoms with Crippen LogP contribution in [0.15, 0.2) is 120 Å². The lowest BCUT2D eigenvalue weighted by Crippen LogP contribution is -2.58. The van der Waals surface area contributed by atoms with Crippen molar-refractivity contribution in [2.45, 2.75) is 50.5 Å². The minimum Gasteiger partial charge on any atom is -0.456 e. The van der Waals surface area contributed by atoms with Crippen LogP contribution < -0.4 is 15.8 Å². The molecule has 0 bridgehead atoms. The van der Waals surface area contributed by atoms with E-state index < -0.39 is 0 Å². The van der Waals surface area contributed by atoms with Gasteiger partial charge in [0.05, 0.1) is 17.1 Å². The van der Waals surface area contributed by atoms with Crippen molar-refractivity contribution in [3.8, 4) is 22.3 Å². The minimum atomic E-state index is -0.154. The first kappa shape index (κ1) is 26.4. The van der Waals surface area contributed by atoms with E-state index in [1.807, 2.05) is 0 Å². The number of benzene rings is 6. The Balaban J connectivity index is 1.26. The highest BCUT2D eigenvalue weighted by atomic mass is 16.3. The molecule has 8 aromatic rings. The topological polar surface area (TPSA) is 21.3 Å². The maximum Gasteiger partial charge on any atom is 0.332 e. The molecule has 0 fully saturated rings. The monoisotopic (exact) mass is 640 g/mol. The first-order valence-electron chi connectivity index (χ1n) is 18.1. The van der Waals surface area contributed by atoms with Crippen molar-refractivity contribution in [2.24, 2.45) is 0 Å². The maximum absolute atomic E-state index is 6.83. The Kier molecular flexibility index (Phi) is 4.28. The second-order valence-electron chi connectivity index (χ2n) is 16.4. The molecule has 236 valence electrons. The van der Waals surface area contributed by atoms with Gasteiger partial charge in [-0.05, 0) is 61.9 Å². The lowest BCUT2D eigenvalue weighted by atomic mass is 9.44. The number of rotatable bonds is 0. The standard InChI is InChI=1S/C46H33BN2O/c1-45(2)32-20-9-6-14-26(32)42-38(45)29-18-12-21-33-41(29)48(42)43-37-27-15-7-10-22-34(27)50-35(37)23-30-24-16-11-17-28-36-25-13-5-8-19-31(25)46(3,4)44(36)49(40(24)28)47(33)39(30)43/h5-23,38,42H,1-4H3. The van der Waals surface area contributed by atoms with Crippen molar-refractivity contribution >= 4 is 62.0 Å². The summed E-state index contributed by atoms with van der Waals surface area (Å²) in [5, 5.41) is 3.80. The molecule has 5 heterocycles. The Labute approximate surface area is 290 Å². The van der Waals surface area contributed by atoms with E-state index in [1.54, 1.807) is 0 Å². The van der Waals surface area contributed by atoms with Gasteiger partial charge in [0.15, 0.2) is 0 Å². The normalized spacial score (nSPS) is 20.2. The maximum atomic E-state index is 6.83. The van der Waals surface area contributed by atoms with Crippen LogP contribution in [0.5, 0.6) is 0 Å². The molecule has 3 nitrogen and oxygen atoms in total. The largest absolute Gasteiger partial charge is 0.456 e. The SMILES string of the molecule is CC1(C)c2ccccc2-c2c1n1c3c(cccc23)-c2cc3oc4ccccc4c3c3c2B1c1cccc2c1N3C1c3ccccc3C(C)(C)C21. The van der Waals surface area contributed by atoms with Crippen LogP contribution in [0.4, 0.5) is 11.4 Å². The van der Waals surface area contributed by atoms with E-state index in [4.69, 9.17) is 4.42 Å². The third-order valence-electron chi connectivity index (χ3n) is 13.5. The summed E-state index contributed by atoms with van der Waals surface area (Å²) in [4.78, 5) is 2.79. The molecule has 2 aromatic heterocycles. The molecule has 4 heteroatoms. The van der Waals surface area contributed by atoms with Crippen LogP contribution in [0, 0.1) is 0 Å². The van der Waals surface area contributed by atoms with Gasteiger partial charge < -0.3 is 13.8 Å². The van der Waals surface area contributed by atoms with E-state index in [0.29, 0.717) is 5.92 Å².